The highest BCUT2D eigenvalue weighted by atomic mass is 15.0. The van der Waals surface area contributed by atoms with E-state index in [0.29, 0.717) is 11.3 Å². The van der Waals surface area contributed by atoms with Crippen LogP contribution in [0.5, 0.6) is 0 Å². The lowest BCUT2D eigenvalue weighted by Crippen LogP contribution is -2.59. The van der Waals surface area contributed by atoms with Crippen LogP contribution in [-0.4, -0.2) is 13.1 Å². The van der Waals surface area contributed by atoms with Gasteiger partial charge in [-0.1, -0.05) is 0 Å². The van der Waals surface area contributed by atoms with Crippen LogP contribution in [0.2, 0.25) is 0 Å². The Bertz CT molecular complexity index is 156. The maximum atomic E-state index is 8.47. The van der Waals surface area contributed by atoms with Gasteiger partial charge in [-0.05, 0) is 18.3 Å². The second-order valence-corrected chi connectivity index (χ2v) is 3.34. The Kier molecular flexibility index (Phi) is 0.866. The Morgan fingerprint density at radius 2 is 2.11 bits per heavy atom. The molecule has 0 bridgehead atoms. The first kappa shape index (κ1) is 5.25. The highest BCUT2D eigenvalue weighted by molar-refractivity contribution is 5.08. The third kappa shape index (κ3) is 0.585. The minimum atomic E-state index is 0.382. The van der Waals surface area contributed by atoms with E-state index in [1.807, 2.05) is 0 Å². The van der Waals surface area contributed by atoms with Crippen molar-refractivity contribution in [2.75, 3.05) is 13.1 Å². The number of nitrogens with zero attached hydrogens (tertiary/aromatic N) is 1. The van der Waals surface area contributed by atoms with E-state index in [1.54, 1.807) is 0 Å². The normalized spacial score (nSPS) is 30.6. The van der Waals surface area contributed by atoms with Gasteiger partial charge in [-0.3, -0.25) is 0 Å². The molecule has 1 aliphatic carbocycles. The van der Waals surface area contributed by atoms with Crippen LogP contribution in [0.1, 0.15) is 12.8 Å². The van der Waals surface area contributed by atoms with Gasteiger partial charge in [0.15, 0.2) is 0 Å². The van der Waals surface area contributed by atoms with Gasteiger partial charge in [0.25, 0.3) is 0 Å². The monoisotopic (exact) mass is 122 g/mol. The van der Waals surface area contributed by atoms with Crippen LogP contribution >= 0.6 is 0 Å². The summed E-state index contributed by atoms with van der Waals surface area (Å²) in [6.45, 7) is 2.32. The van der Waals surface area contributed by atoms with E-state index < -0.39 is 0 Å². The molecular formula is C7H10N2. The fraction of sp³-hybridized carbons (Fsp3) is 0.857. The van der Waals surface area contributed by atoms with Crippen LogP contribution in [0.25, 0.3) is 0 Å². The highest BCUT2D eigenvalue weighted by Gasteiger charge is 2.48. The number of hydrogen-bond donors (Lipinski definition) is 1. The van der Waals surface area contributed by atoms with Crippen LogP contribution in [0.3, 0.4) is 0 Å². The largest absolute Gasteiger partial charge is 0.316 e. The summed E-state index contributed by atoms with van der Waals surface area (Å²) >= 11 is 0. The quantitative estimate of drug-likeness (QED) is 0.508. The predicted molar refractivity (Wildman–Crippen MR) is 33.6 cm³/mol. The van der Waals surface area contributed by atoms with Crippen molar-refractivity contribution >= 4 is 0 Å². The summed E-state index contributed by atoms with van der Waals surface area (Å²) in [6.07, 6.45) is 2.30. The summed E-state index contributed by atoms with van der Waals surface area (Å²) in [5, 5.41) is 11.7. The molecule has 0 unspecified atom stereocenters. The van der Waals surface area contributed by atoms with Gasteiger partial charge in [-0.15, -0.1) is 0 Å². The molecule has 0 aromatic rings. The molecule has 1 saturated carbocycles. The molecule has 48 valence electrons. The molecule has 0 amide bonds. The molecule has 1 spiro atoms. The average molecular weight is 122 g/mol. The Hall–Kier alpha value is -0.550. The minimum absolute atomic E-state index is 0.382. The second kappa shape index (κ2) is 1.48. The summed E-state index contributed by atoms with van der Waals surface area (Å²) < 4.78 is 0. The fourth-order valence-corrected chi connectivity index (χ4v) is 1.84. The molecule has 1 N–H and O–H groups in total. The van der Waals surface area contributed by atoms with Gasteiger partial charge in [0, 0.05) is 19.0 Å². The van der Waals surface area contributed by atoms with Gasteiger partial charge in [0.2, 0.25) is 0 Å². The molecule has 1 saturated heterocycles. The molecule has 0 aromatic heterocycles. The third-order valence-electron chi connectivity index (χ3n) is 2.54. The van der Waals surface area contributed by atoms with Crippen molar-refractivity contribution in [2.45, 2.75) is 12.8 Å². The molecule has 1 heterocycles. The highest BCUT2D eigenvalue weighted by Crippen LogP contribution is 2.47. The fourth-order valence-electron chi connectivity index (χ4n) is 1.84. The van der Waals surface area contributed by atoms with Crippen LogP contribution in [0, 0.1) is 22.7 Å². The lowest BCUT2D eigenvalue weighted by molar-refractivity contribution is 0.0257. The van der Waals surface area contributed by atoms with E-state index >= 15 is 0 Å². The topological polar surface area (TPSA) is 35.8 Å². The standard InChI is InChI=1S/C7H10N2/c8-3-6-1-7(2-6)4-9-5-7/h6,9H,1-2,4-5H2. The van der Waals surface area contributed by atoms with Crippen LogP contribution in [0.4, 0.5) is 0 Å². The van der Waals surface area contributed by atoms with Gasteiger partial charge in [0.1, 0.15) is 0 Å². The molecule has 0 radical (unpaired) electrons. The first-order valence-corrected chi connectivity index (χ1v) is 3.45. The average Bonchev–Trinajstić information content (AvgIpc) is 1.59. The summed E-state index contributed by atoms with van der Waals surface area (Å²) in [5.41, 5.74) is 0.584. The molecule has 2 nitrogen and oxygen atoms in total. The van der Waals surface area contributed by atoms with Crippen LogP contribution in [0.15, 0.2) is 0 Å². The molecule has 0 aromatic carbocycles. The molecule has 1 aliphatic heterocycles. The maximum absolute atomic E-state index is 8.47. The summed E-state index contributed by atoms with van der Waals surface area (Å²) in [5.74, 6) is 0.382. The van der Waals surface area contributed by atoms with Crippen molar-refractivity contribution in [3.8, 4) is 6.07 Å². The summed E-state index contributed by atoms with van der Waals surface area (Å²) in [6, 6.07) is 2.30. The van der Waals surface area contributed by atoms with Crippen molar-refractivity contribution in [2.24, 2.45) is 11.3 Å². The van der Waals surface area contributed by atoms with E-state index in [0.717, 1.165) is 25.9 Å². The smallest absolute Gasteiger partial charge is 0.0656 e. The van der Waals surface area contributed by atoms with Crippen molar-refractivity contribution < 1.29 is 0 Å². The zero-order valence-electron chi connectivity index (χ0n) is 5.35. The van der Waals surface area contributed by atoms with Crippen molar-refractivity contribution in [1.82, 2.24) is 5.32 Å². The first-order chi connectivity index (χ1) is 4.35. The summed E-state index contributed by atoms with van der Waals surface area (Å²) in [7, 11) is 0. The van der Waals surface area contributed by atoms with E-state index in [4.69, 9.17) is 5.26 Å². The molecule has 9 heavy (non-hydrogen) atoms. The zero-order chi connectivity index (χ0) is 6.32. The lowest BCUT2D eigenvalue weighted by Gasteiger charge is -2.52. The molecular weight excluding hydrogens is 112 g/mol. The predicted octanol–water partition coefficient (Wildman–Crippen LogP) is 0.510. The molecule has 2 heteroatoms. The van der Waals surface area contributed by atoms with Crippen LogP contribution in [-0.2, 0) is 0 Å². The number of rotatable bonds is 0. The Morgan fingerprint density at radius 1 is 1.44 bits per heavy atom. The number of nitrogens with one attached hydrogen (secondary N) is 1. The Labute approximate surface area is 54.9 Å². The second-order valence-electron chi connectivity index (χ2n) is 3.34. The minimum Gasteiger partial charge on any atom is -0.316 e. The van der Waals surface area contributed by atoms with Gasteiger partial charge < -0.3 is 5.32 Å². The third-order valence-corrected chi connectivity index (χ3v) is 2.54. The molecule has 2 fully saturated rings. The van der Waals surface area contributed by atoms with Crippen LogP contribution < -0.4 is 5.32 Å². The van der Waals surface area contributed by atoms with E-state index in [1.165, 1.54) is 0 Å². The Balaban J connectivity index is 1.91. The van der Waals surface area contributed by atoms with Gasteiger partial charge >= 0.3 is 0 Å². The summed E-state index contributed by atoms with van der Waals surface area (Å²) in [4.78, 5) is 0. The van der Waals surface area contributed by atoms with E-state index in [2.05, 4.69) is 11.4 Å². The Morgan fingerprint density at radius 3 is 2.44 bits per heavy atom. The number of nitriles is 1. The van der Waals surface area contributed by atoms with Gasteiger partial charge in [0.05, 0.1) is 6.07 Å². The maximum Gasteiger partial charge on any atom is 0.0656 e. The van der Waals surface area contributed by atoms with Crippen molar-refractivity contribution in [3.63, 3.8) is 0 Å². The SMILES string of the molecule is N#CC1CC2(CNC2)C1. The zero-order valence-corrected chi connectivity index (χ0v) is 5.35. The van der Waals surface area contributed by atoms with Gasteiger partial charge in [-0.25, -0.2) is 0 Å². The van der Waals surface area contributed by atoms with E-state index in [9.17, 15) is 0 Å². The van der Waals surface area contributed by atoms with Gasteiger partial charge in [-0.2, -0.15) is 5.26 Å². The van der Waals surface area contributed by atoms with Crippen molar-refractivity contribution in [1.29, 1.82) is 5.26 Å². The van der Waals surface area contributed by atoms with E-state index in [-0.39, 0.29) is 0 Å². The van der Waals surface area contributed by atoms with Crippen molar-refractivity contribution in [3.05, 3.63) is 0 Å². The first-order valence-electron chi connectivity index (χ1n) is 3.45. The molecule has 2 rings (SSSR count). The molecule has 2 aliphatic rings. The molecule has 0 atom stereocenters. The number of hydrogen-bond acceptors (Lipinski definition) is 2. The lowest BCUT2D eigenvalue weighted by atomic mass is 9.59.